The van der Waals surface area contributed by atoms with E-state index in [-0.39, 0.29) is 36.0 Å². The minimum atomic E-state index is -3.87. The smallest absolute Gasteiger partial charge is 0.243 e. The second-order valence-corrected chi connectivity index (χ2v) is 13.9. The van der Waals surface area contributed by atoms with Crippen molar-refractivity contribution in [2.75, 3.05) is 50.7 Å². The Morgan fingerprint density at radius 3 is 1.48 bits per heavy atom. The molecule has 0 bridgehead atoms. The van der Waals surface area contributed by atoms with E-state index in [2.05, 4.69) is 23.6 Å². The minimum absolute atomic E-state index is 0.000840. The number of rotatable bonds is 6. The second-order valence-electron chi connectivity index (χ2n) is 10.0. The molecule has 1 fully saturated rings. The molecule has 0 amide bonds. The van der Waals surface area contributed by atoms with E-state index in [1.165, 1.54) is 32.9 Å². The number of hydrogen-bond acceptors (Lipinski definition) is 7. The van der Waals surface area contributed by atoms with Gasteiger partial charge in [0.2, 0.25) is 20.0 Å². The lowest BCUT2D eigenvalue weighted by Crippen LogP contribution is -2.41. The first-order chi connectivity index (χ1) is 19.1. The van der Waals surface area contributed by atoms with Gasteiger partial charge in [0.25, 0.3) is 0 Å². The highest BCUT2D eigenvalue weighted by Gasteiger charge is 2.29. The van der Waals surface area contributed by atoms with Gasteiger partial charge >= 0.3 is 0 Å². The Morgan fingerprint density at radius 2 is 1.05 bits per heavy atom. The second kappa shape index (κ2) is 13.0. The Kier molecular flexibility index (Phi) is 9.64. The van der Waals surface area contributed by atoms with Crippen molar-refractivity contribution in [2.45, 2.75) is 29.2 Å². The van der Waals surface area contributed by atoms with Gasteiger partial charge in [-0.3, -0.25) is 4.90 Å². The fraction of sp³-hybridized carbons (Fsp3) is 0.310. The van der Waals surface area contributed by atoms with E-state index in [1.54, 1.807) is 24.3 Å². The zero-order chi connectivity index (χ0) is 28.8. The van der Waals surface area contributed by atoms with Crippen molar-refractivity contribution >= 4 is 31.4 Å². The first-order valence-electron chi connectivity index (χ1n) is 13.2. The molecule has 4 rings (SSSR count). The average Bonchev–Trinajstić information content (AvgIpc) is 2.92. The van der Waals surface area contributed by atoms with Crippen LogP contribution in [-0.2, 0) is 26.6 Å². The normalized spacial score (nSPS) is 17.6. The lowest BCUT2D eigenvalue weighted by Gasteiger charge is -2.30. The van der Waals surface area contributed by atoms with E-state index < -0.39 is 20.0 Å². The van der Waals surface area contributed by atoms with Gasteiger partial charge in [0.1, 0.15) is 0 Å². The molecular weight excluding hydrogens is 546 g/mol. The highest BCUT2D eigenvalue weighted by Crippen LogP contribution is 2.23. The Balaban J connectivity index is 1.63. The van der Waals surface area contributed by atoms with Crippen molar-refractivity contribution in [1.29, 1.82) is 0 Å². The molecule has 1 heterocycles. The van der Waals surface area contributed by atoms with E-state index in [4.69, 9.17) is 11.5 Å². The fourth-order valence-electron chi connectivity index (χ4n) is 4.75. The molecule has 11 heteroatoms. The zero-order valence-electron chi connectivity index (χ0n) is 22.5. The van der Waals surface area contributed by atoms with E-state index in [0.717, 1.165) is 5.56 Å². The summed E-state index contributed by atoms with van der Waals surface area (Å²) in [5, 5.41) is 0. The first-order valence-corrected chi connectivity index (χ1v) is 16.1. The van der Waals surface area contributed by atoms with Gasteiger partial charge in [-0.05, 0) is 85.6 Å². The van der Waals surface area contributed by atoms with Crippen molar-refractivity contribution in [3.05, 3.63) is 96.6 Å². The van der Waals surface area contributed by atoms with Crippen molar-refractivity contribution in [1.82, 2.24) is 13.5 Å². The van der Waals surface area contributed by atoms with E-state index >= 15 is 0 Å². The molecule has 3 aromatic rings. The molecule has 1 aliphatic heterocycles. The zero-order valence-corrected chi connectivity index (χ0v) is 24.2. The summed E-state index contributed by atoms with van der Waals surface area (Å²) in [6.07, 6.45) is 1.23. The third-order valence-corrected chi connectivity index (χ3v) is 10.6. The summed E-state index contributed by atoms with van der Waals surface area (Å²) >= 11 is 0. The van der Waals surface area contributed by atoms with Gasteiger partial charge < -0.3 is 11.5 Å². The molecule has 0 spiro atoms. The van der Waals surface area contributed by atoms with Crippen LogP contribution in [0.1, 0.15) is 18.4 Å². The molecule has 0 aromatic heterocycles. The Labute approximate surface area is 237 Å². The maximum absolute atomic E-state index is 13.7. The minimum Gasteiger partial charge on any atom is -0.399 e. The van der Waals surface area contributed by atoms with E-state index in [0.29, 0.717) is 49.4 Å². The number of hydrogen-bond donors (Lipinski definition) is 2. The topological polar surface area (TPSA) is 130 Å². The van der Waals surface area contributed by atoms with Gasteiger partial charge in [0, 0.05) is 44.1 Å². The lowest BCUT2D eigenvalue weighted by molar-refractivity contribution is 0.238. The maximum Gasteiger partial charge on any atom is 0.243 e. The van der Waals surface area contributed by atoms with Crippen molar-refractivity contribution in [2.24, 2.45) is 0 Å². The van der Waals surface area contributed by atoms with Crippen LogP contribution in [0.3, 0.4) is 0 Å². The van der Waals surface area contributed by atoms with Gasteiger partial charge in [-0.1, -0.05) is 36.9 Å². The maximum atomic E-state index is 13.7. The number of anilines is 2. The predicted octanol–water partition coefficient (Wildman–Crippen LogP) is 3.38. The first kappa shape index (κ1) is 29.8. The molecule has 0 atom stereocenters. The quantitative estimate of drug-likeness (QED) is 0.336. The van der Waals surface area contributed by atoms with E-state index in [1.807, 2.05) is 18.2 Å². The number of nitrogens with two attached hydrogens (primary N) is 2. The number of sulfonamides is 2. The van der Waals surface area contributed by atoms with Crippen LogP contribution in [0.4, 0.5) is 11.4 Å². The highest BCUT2D eigenvalue weighted by atomic mass is 32.2. The van der Waals surface area contributed by atoms with Crippen LogP contribution in [0, 0.1) is 0 Å². The van der Waals surface area contributed by atoms with Crippen LogP contribution < -0.4 is 11.5 Å². The molecule has 9 nitrogen and oxygen atoms in total. The van der Waals surface area contributed by atoms with Gasteiger partial charge in [-0.15, -0.1) is 0 Å². The largest absolute Gasteiger partial charge is 0.399 e. The molecule has 0 unspecified atom stereocenters. The lowest BCUT2D eigenvalue weighted by atomic mass is 10.2. The summed E-state index contributed by atoms with van der Waals surface area (Å²) in [6.45, 7) is 6.61. The summed E-state index contributed by atoms with van der Waals surface area (Å²) in [5.41, 5.74) is 14.1. The molecule has 4 N–H and O–H groups in total. The third kappa shape index (κ3) is 7.49. The monoisotopic (exact) mass is 583 g/mol. The summed E-state index contributed by atoms with van der Waals surface area (Å²) in [7, 11) is -7.74. The van der Waals surface area contributed by atoms with Crippen molar-refractivity contribution in [3.8, 4) is 0 Å². The van der Waals surface area contributed by atoms with Crippen LogP contribution >= 0.6 is 0 Å². The van der Waals surface area contributed by atoms with Crippen molar-refractivity contribution in [3.63, 3.8) is 0 Å². The summed E-state index contributed by atoms with van der Waals surface area (Å²) in [5.74, 6) is 0. The molecule has 3 aromatic carbocycles. The molecule has 40 heavy (non-hydrogen) atoms. The van der Waals surface area contributed by atoms with Crippen LogP contribution in [0.25, 0.3) is 0 Å². The molecular formula is C29H37N5O4S2. The molecule has 214 valence electrons. The van der Waals surface area contributed by atoms with Crippen LogP contribution in [0.5, 0.6) is 0 Å². The van der Waals surface area contributed by atoms with Crippen LogP contribution in [0.2, 0.25) is 0 Å². The summed E-state index contributed by atoms with van der Waals surface area (Å²) in [4.78, 5) is 2.51. The molecule has 0 radical (unpaired) electrons. The number of nitrogens with zero attached hydrogens (tertiary/aromatic N) is 3. The number of nitrogen functional groups attached to an aromatic ring is 2. The summed E-state index contributed by atoms with van der Waals surface area (Å²) < 4.78 is 57.4. The Hall–Kier alpha value is -3.22. The van der Waals surface area contributed by atoms with Crippen LogP contribution in [-0.4, -0.2) is 69.6 Å². The summed E-state index contributed by atoms with van der Waals surface area (Å²) in [6, 6.07) is 22.2. The molecule has 1 saturated heterocycles. The third-order valence-electron chi connectivity index (χ3n) is 6.85. The molecule has 1 aliphatic rings. The number of benzene rings is 3. The van der Waals surface area contributed by atoms with E-state index in [9.17, 15) is 16.8 Å². The van der Waals surface area contributed by atoms with Gasteiger partial charge in [0.05, 0.1) is 9.79 Å². The predicted molar refractivity (Wildman–Crippen MR) is 159 cm³/mol. The Morgan fingerprint density at radius 1 is 0.625 bits per heavy atom. The van der Waals surface area contributed by atoms with Crippen molar-refractivity contribution < 1.29 is 16.8 Å². The molecule has 0 saturated carbocycles. The highest BCUT2D eigenvalue weighted by molar-refractivity contribution is 7.89. The molecule has 0 aliphatic carbocycles. The van der Waals surface area contributed by atoms with Gasteiger partial charge in [0.15, 0.2) is 0 Å². The van der Waals surface area contributed by atoms with Gasteiger partial charge in [-0.25, -0.2) is 16.8 Å². The average molecular weight is 584 g/mol. The Bertz CT molecular complexity index is 1400. The van der Waals surface area contributed by atoms with Gasteiger partial charge in [-0.2, -0.15) is 8.61 Å². The standard InChI is InChI=1S/C29H37N5O4S2/c1-24-21-33(39(35,36)28-13-9-26(30)10-14-28)19-5-17-32(23-25-7-3-2-4-8-25)18-6-20-34(22-24)40(37,38)29-15-11-27(31)12-16-29/h2-4,7-16H,1,5-6,17-23,30-31H2. The van der Waals surface area contributed by atoms with Crippen LogP contribution in [0.15, 0.2) is 101 Å². The fourth-order valence-corrected chi connectivity index (χ4v) is 7.75. The SMILES string of the molecule is C=C1CN(S(=O)(=O)c2ccc(N)cc2)CCCN(Cc2ccccc2)CCCN(S(=O)(=O)c2ccc(N)cc2)C1.